The van der Waals surface area contributed by atoms with Gasteiger partial charge >= 0.3 is 0 Å². The Labute approximate surface area is 130 Å². The van der Waals surface area contributed by atoms with E-state index in [0.29, 0.717) is 6.04 Å². The van der Waals surface area contributed by atoms with Crippen molar-refractivity contribution in [2.75, 3.05) is 13.6 Å². The molecule has 0 bridgehead atoms. The summed E-state index contributed by atoms with van der Waals surface area (Å²) in [5.41, 5.74) is 2.52. The van der Waals surface area contributed by atoms with Crippen molar-refractivity contribution >= 4 is 0 Å². The van der Waals surface area contributed by atoms with E-state index >= 15 is 0 Å². The predicted octanol–water partition coefficient (Wildman–Crippen LogP) is 3.31. The second-order valence-corrected chi connectivity index (χ2v) is 5.90. The molecule has 4 rings (SSSR count). The van der Waals surface area contributed by atoms with Crippen LogP contribution >= 0.6 is 0 Å². The Morgan fingerprint density at radius 1 is 0.955 bits per heavy atom. The molecule has 0 saturated carbocycles. The van der Waals surface area contributed by atoms with Crippen LogP contribution in [0.5, 0.6) is 0 Å². The van der Waals surface area contributed by atoms with Crippen LogP contribution in [-0.2, 0) is 5.54 Å². The molecule has 1 atom stereocenters. The van der Waals surface area contributed by atoms with Gasteiger partial charge in [-0.25, -0.2) is 4.98 Å². The van der Waals surface area contributed by atoms with Gasteiger partial charge in [-0.3, -0.25) is 4.90 Å². The van der Waals surface area contributed by atoms with Crippen LogP contribution in [0.3, 0.4) is 0 Å². The summed E-state index contributed by atoms with van der Waals surface area (Å²) in [5, 5.41) is 0. The smallest absolute Gasteiger partial charge is 0.0949 e. The number of likely N-dealkylation sites (N-methyl/N-ethyl adjacent to an activating group) is 1. The molecule has 1 aromatic heterocycles. The van der Waals surface area contributed by atoms with E-state index in [1.54, 1.807) is 0 Å². The van der Waals surface area contributed by atoms with Crippen molar-refractivity contribution in [2.24, 2.45) is 0 Å². The normalized spacial score (nSPS) is 20.5. The minimum absolute atomic E-state index is 0.136. The quantitative estimate of drug-likeness (QED) is 0.737. The third-order valence-corrected chi connectivity index (χ3v) is 4.84. The van der Waals surface area contributed by atoms with Gasteiger partial charge in [-0.05, 0) is 18.2 Å². The van der Waals surface area contributed by atoms with Gasteiger partial charge in [-0.2, -0.15) is 0 Å². The Morgan fingerprint density at radius 3 is 2.00 bits per heavy atom. The molecule has 1 aliphatic rings. The zero-order valence-electron chi connectivity index (χ0n) is 12.6. The summed E-state index contributed by atoms with van der Waals surface area (Å²) >= 11 is 0. The molecule has 3 heteroatoms. The van der Waals surface area contributed by atoms with Gasteiger partial charge in [0.05, 0.1) is 17.9 Å². The van der Waals surface area contributed by atoms with Crippen LogP contribution in [-0.4, -0.2) is 28.0 Å². The van der Waals surface area contributed by atoms with E-state index in [-0.39, 0.29) is 5.54 Å². The highest BCUT2D eigenvalue weighted by molar-refractivity contribution is 5.43. The molecule has 0 amide bonds. The van der Waals surface area contributed by atoms with Gasteiger partial charge in [0.15, 0.2) is 0 Å². The largest absolute Gasteiger partial charge is 0.331 e. The Balaban J connectivity index is 1.93. The topological polar surface area (TPSA) is 21.1 Å². The third kappa shape index (κ3) is 1.76. The fraction of sp³-hybridized carbons (Fsp3) is 0.211. The van der Waals surface area contributed by atoms with Crippen molar-refractivity contribution in [3.8, 4) is 0 Å². The van der Waals surface area contributed by atoms with Gasteiger partial charge in [-0.1, -0.05) is 60.7 Å². The van der Waals surface area contributed by atoms with E-state index in [1.807, 2.05) is 12.5 Å². The molecule has 1 unspecified atom stereocenters. The average Bonchev–Trinajstić information content (AvgIpc) is 3.09. The van der Waals surface area contributed by atoms with Gasteiger partial charge in [-0.15, -0.1) is 0 Å². The number of rotatable bonds is 3. The zero-order valence-corrected chi connectivity index (χ0v) is 12.6. The molecule has 0 aliphatic carbocycles. The van der Waals surface area contributed by atoms with Crippen LogP contribution < -0.4 is 0 Å². The highest BCUT2D eigenvalue weighted by Gasteiger charge is 2.54. The molecule has 22 heavy (non-hydrogen) atoms. The second kappa shape index (κ2) is 5.11. The lowest BCUT2D eigenvalue weighted by atomic mass is 9.69. The number of aromatic nitrogens is 2. The van der Waals surface area contributed by atoms with Crippen LogP contribution in [0.1, 0.15) is 17.2 Å². The first-order chi connectivity index (χ1) is 10.8. The average molecular weight is 289 g/mol. The number of hydrogen-bond acceptors (Lipinski definition) is 2. The number of benzene rings is 2. The molecule has 3 nitrogen and oxygen atoms in total. The van der Waals surface area contributed by atoms with Crippen molar-refractivity contribution in [1.29, 1.82) is 0 Å². The first kappa shape index (κ1) is 13.3. The van der Waals surface area contributed by atoms with E-state index in [1.165, 1.54) is 11.1 Å². The van der Waals surface area contributed by atoms with Crippen LogP contribution in [0.4, 0.5) is 0 Å². The Bertz CT molecular complexity index is 695. The molecule has 0 radical (unpaired) electrons. The first-order valence-corrected chi connectivity index (χ1v) is 7.63. The van der Waals surface area contributed by atoms with Crippen LogP contribution in [0.2, 0.25) is 0 Å². The Hall–Kier alpha value is -2.39. The number of imidazole rings is 1. The standard InChI is InChI=1S/C19H19N3/c1-21-14-18(22-13-12-20-15-22)19(21,16-8-4-2-5-9-16)17-10-6-3-7-11-17/h2-13,15,18H,14H2,1H3. The van der Waals surface area contributed by atoms with E-state index in [2.05, 4.69) is 88.4 Å². The first-order valence-electron chi connectivity index (χ1n) is 7.63. The van der Waals surface area contributed by atoms with Crippen molar-refractivity contribution in [2.45, 2.75) is 11.6 Å². The van der Waals surface area contributed by atoms with Gasteiger partial charge in [0.2, 0.25) is 0 Å². The summed E-state index contributed by atoms with van der Waals surface area (Å²) in [4.78, 5) is 6.68. The second-order valence-electron chi connectivity index (χ2n) is 5.90. The van der Waals surface area contributed by atoms with Crippen molar-refractivity contribution in [3.05, 3.63) is 90.5 Å². The molecular weight excluding hydrogens is 270 g/mol. The maximum atomic E-state index is 4.25. The molecule has 0 N–H and O–H groups in total. The van der Waals surface area contributed by atoms with E-state index in [4.69, 9.17) is 0 Å². The van der Waals surface area contributed by atoms with E-state index < -0.39 is 0 Å². The maximum absolute atomic E-state index is 4.25. The van der Waals surface area contributed by atoms with Gasteiger partial charge < -0.3 is 4.57 Å². The molecule has 1 fully saturated rings. The summed E-state index contributed by atoms with van der Waals surface area (Å²) in [7, 11) is 2.20. The van der Waals surface area contributed by atoms with Gasteiger partial charge in [0, 0.05) is 18.9 Å². The Morgan fingerprint density at radius 2 is 1.55 bits per heavy atom. The third-order valence-electron chi connectivity index (χ3n) is 4.84. The fourth-order valence-electron chi connectivity index (χ4n) is 3.82. The van der Waals surface area contributed by atoms with Crippen molar-refractivity contribution in [3.63, 3.8) is 0 Å². The lowest BCUT2D eigenvalue weighted by Crippen LogP contribution is -2.63. The van der Waals surface area contributed by atoms with E-state index in [9.17, 15) is 0 Å². The highest BCUT2D eigenvalue weighted by Crippen LogP contribution is 2.51. The molecule has 2 aromatic carbocycles. The molecular formula is C19H19N3. The lowest BCUT2D eigenvalue weighted by Gasteiger charge is -2.58. The van der Waals surface area contributed by atoms with Crippen LogP contribution in [0, 0.1) is 0 Å². The summed E-state index contributed by atoms with van der Waals surface area (Å²) in [5.74, 6) is 0. The Kier molecular flexibility index (Phi) is 3.09. The van der Waals surface area contributed by atoms with Crippen molar-refractivity contribution < 1.29 is 0 Å². The van der Waals surface area contributed by atoms with Crippen LogP contribution in [0.25, 0.3) is 0 Å². The fourth-order valence-corrected chi connectivity index (χ4v) is 3.82. The maximum Gasteiger partial charge on any atom is 0.0949 e. The monoisotopic (exact) mass is 289 g/mol. The zero-order chi connectivity index (χ0) is 15.0. The number of nitrogens with zero attached hydrogens (tertiary/aromatic N) is 3. The summed E-state index contributed by atoms with van der Waals surface area (Å²) < 4.78 is 2.24. The molecule has 1 saturated heterocycles. The lowest BCUT2D eigenvalue weighted by molar-refractivity contribution is -0.0258. The molecule has 1 aliphatic heterocycles. The molecule has 2 heterocycles. The molecule has 110 valence electrons. The van der Waals surface area contributed by atoms with Crippen LogP contribution in [0.15, 0.2) is 79.4 Å². The SMILES string of the molecule is CN1CC(n2ccnc2)C1(c1ccccc1)c1ccccc1. The highest BCUT2D eigenvalue weighted by atomic mass is 15.3. The number of likely N-dealkylation sites (tertiary alicyclic amines) is 1. The summed E-state index contributed by atoms with van der Waals surface area (Å²) in [6, 6.07) is 21.9. The van der Waals surface area contributed by atoms with E-state index in [0.717, 1.165) is 6.54 Å². The molecule has 0 spiro atoms. The predicted molar refractivity (Wildman–Crippen MR) is 87.6 cm³/mol. The van der Waals surface area contributed by atoms with Crippen molar-refractivity contribution in [1.82, 2.24) is 14.5 Å². The molecule has 3 aromatic rings. The van der Waals surface area contributed by atoms with Gasteiger partial charge in [0.25, 0.3) is 0 Å². The minimum atomic E-state index is -0.136. The summed E-state index contributed by atoms with van der Waals surface area (Å²) in [6.45, 7) is 1.01. The summed E-state index contributed by atoms with van der Waals surface area (Å²) in [6.07, 6.45) is 5.86. The van der Waals surface area contributed by atoms with Gasteiger partial charge in [0.1, 0.15) is 0 Å². The number of hydrogen-bond donors (Lipinski definition) is 0. The minimum Gasteiger partial charge on any atom is -0.331 e.